The molecule has 6 nitrogen and oxygen atoms in total. The van der Waals surface area contributed by atoms with E-state index in [1.807, 2.05) is 0 Å². The van der Waals surface area contributed by atoms with Gasteiger partial charge in [-0.25, -0.2) is 0 Å². The van der Waals surface area contributed by atoms with Gasteiger partial charge >= 0.3 is 6.36 Å². The minimum absolute atomic E-state index is 0.0164. The molecule has 0 amide bonds. The Morgan fingerprint density at radius 3 is 1.89 bits per heavy atom. The standard InChI is InChI=1S/C18H19F3O6/c1-23-15-10-12(22)11-16(24-2)17(15)26-9-3-8-25-13-4-6-14(7-5-13)27-18(19,20)21/h4-7,10-11,22H,3,8-9H2,1-2H3. The molecule has 0 spiro atoms. The highest BCUT2D eigenvalue weighted by molar-refractivity contribution is 5.55. The molecule has 9 heteroatoms. The smallest absolute Gasteiger partial charge is 0.508 e. The van der Waals surface area contributed by atoms with Crippen molar-refractivity contribution in [3.8, 4) is 34.5 Å². The largest absolute Gasteiger partial charge is 0.573 e. The van der Waals surface area contributed by atoms with E-state index in [1.165, 1.54) is 50.6 Å². The van der Waals surface area contributed by atoms with Crippen molar-refractivity contribution in [1.29, 1.82) is 0 Å². The Morgan fingerprint density at radius 2 is 1.37 bits per heavy atom. The molecular weight excluding hydrogens is 369 g/mol. The molecule has 0 aliphatic heterocycles. The number of benzene rings is 2. The summed E-state index contributed by atoms with van der Waals surface area (Å²) in [6, 6.07) is 7.91. The maximum atomic E-state index is 12.1. The molecule has 0 radical (unpaired) electrons. The zero-order valence-electron chi connectivity index (χ0n) is 14.7. The van der Waals surface area contributed by atoms with Crippen LogP contribution in [0.15, 0.2) is 36.4 Å². The van der Waals surface area contributed by atoms with Crippen LogP contribution in [0.2, 0.25) is 0 Å². The molecule has 0 aromatic heterocycles. The minimum Gasteiger partial charge on any atom is -0.508 e. The van der Waals surface area contributed by atoms with Crippen LogP contribution in [-0.2, 0) is 0 Å². The second-order valence-corrected chi connectivity index (χ2v) is 5.25. The number of alkyl halides is 3. The van der Waals surface area contributed by atoms with Crippen LogP contribution in [0.1, 0.15) is 6.42 Å². The average molecular weight is 388 g/mol. The van der Waals surface area contributed by atoms with Crippen molar-refractivity contribution >= 4 is 0 Å². The van der Waals surface area contributed by atoms with E-state index in [4.69, 9.17) is 18.9 Å². The number of halogens is 3. The molecule has 0 atom stereocenters. The fourth-order valence-electron chi connectivity index (χ4n) is 2.17. The molecule has 2 aromatic rings. The number of hydrogen-bond acceptors (Lipinski definition) is 6. The molecule has 0 heterocycles. The van der Waals surface area contributed by atoms with Crippen LogP contribution in [0.3, 0.4) is 0 Å². The van der Waals surface area contributed by atoms with E-state index in [2.05, 4.69) is 4.74 Å². The fraction of sp³-hybridized carbons (Fsp3) is 0.333. The number of rotatable bonds is 9. The molecule has 0 bridgehead atoms. The second kappa shape index (κ2) is 9.11. The highest BCUT2D eigenvalue weighted by Crippen LogP contribution is 2.40. The second-order valence-electron chi connectivity index (χ2n) is 5.25. The van der Waals surface area contributed by atoms with E-state index in [-0.39, 0.29) is 24.7 Å². The summed E-state index contributed by atoms with van der Waals surface area (Å²) in [6.07, 6.45) is -4.23. The predicted molar refractivity (Wildman–Crippen MR) is 89.9 cm³/mol. The van der Waals surface area contributed by atoms with Crippen molar-refractivity contribution in [2.45, 2.75) is 12.8 Å². The van der Waals surface area contributed by atoms with Gasteiger partial charge in [0, 0.05) is 18.6 Å². The Balaban J connectivity index is 1.81. The van der Waals surface area contributed by atoms with Gasteiger partial charge in [-0.1, -0.05) is 0 Å². The van der Waals surface area contributed by atoms with E-state index < -0.39 is 6.36 Å². The Bertz CT molecular complexity index is 706. The molecule has 27 heavy (non-hydrogen) atoms. The normalized spacial score (nSPS) is 11.0. The maximum Gasteiger partial charge on any atom is 0.573 e. The summed E-state index contributed by atoms with van der Waals surface area (Å²) in [7, 11) is 2.88. The van der Waals surface area contributed by atoms with Gasteiger partial charge in [0.1, 0.15) is 17.2 Å². The first-order valence-electron chi connectivity index (χ1n) is 7.89. The van der Waals surface area contributed by atoms with Gasteiger partial charge in [0.15, 0.2) is 11.5 Å². The molecule has 148 valence electrons. The van der Waals surface area contributed by atoms with Gasteiger partial charge in [0.2, 0.25) is 5.75 Å². The summed E-state index contributed by atoms with van der Waals surface area (Å²) in [5.74, 6) is 1.08. The highest BCUT2D eigenvalue weighted by atomic mass is 19.4. The molecule has 2 rings (SSSR count). The predicted octanol–water partition coefficient (Wildman–Crippen LogP) is 4.16. The molecule has 0 saturated carbocycles. The average Bonchev–Trinajstić information content (AvgIpc) is 2.61. The SMILES string of the molecule is COc1cc(O)cc(OC)c1OCCCOc1ccc(OC(F)(F)F)cc1. The number of phenolic OH excluding ortho intramolecular Hbond substituents is 1. The zero-order valence-corrected chi connectivity index (χ0v) is 14.7. The quantitative estimate of drug-likeness (QED) is 0.651. The van der Waals surface area contributed by atoms with Crippen molar-refractivity contribution in [2.75, 3.05) is 27.4 Å². The first kappa shape index (κ1) is 20.3. The molecule has 0 fully saturated rings. The third-order valence-electron chi connectivity index (χ3n) is 3.31. The topological polar surface area (TPSA) is 66.4 Å². The number of aromatic hydroxyl groups is 1. The summed E-state index contributed by atoms with van der Waals surface area (Å²) in [4.78, 5) is 0. The van der Waals surface area contributed by atoms with E-state index >= 15 is 0 Å². The summed E-state index contributed by atoms with van der Waals surface area (Å²) in [5, 5.41) is 9.59. The van der Waals surface area contributed by atoms with Gasteiger partial charge in [0.25, 0.3) is 0 Å². The lowest BCUT2D eigenvalue weighted by molar-refractivity contribution is -0.274. The van der Waals surface area contributed by atoms with Crippen molar-refractivity contribution < 1.29 is 42.0 Å². The molecule has 0 aliphatic rings. The van der Waals surface area contributed by atoms with Crippen LogP contribution in [0.4, 0.5) is 13.2 Å². The third kappa shape index (κ3) is 6.36. The van der Waals surface area contributed by atoms with Crippen LogP contribution in [-0.4, -0.2) is 38.9 Å². The third-order valence-corrected chi connectivity index (χ3v) is 3.31. The lowest BCUT2D eigenvalue weighted by atomic mass is 10.2. The van der Waals surface area contributed by atoms with Gasteiger partial charge in [-0.05, 0) is 24.3 Å². The Kier molecular flexibility index (Phi) is 6.86. The lowest BCUT2D eigenvalue weighted by Gasteiger charge is -2.15. The van der Waals surface area contributed by atoms with Gasteiger partial charge in [-0.15, -0.1) is 13.2 Å². The summed E-state index contributed by atoms with van der Waals surface area (Å²) in [5.41, 5.74) is 0. The zero-order chi connectivity index (χ0) is 19.9. The van der Waals surface area contributed by atoms with E-state index in [9.17, 15) is 18.3 Å². The Labute approximate surface area is 154 Å². The fourth-order valence-corrected chi connectivity index (χ4v) is 2.17. The van der Waals surface area contributed by atoms with Crippen LogP contribution in [0.5, 0.6) is 34.5 Å². The van der Waals surface area contributed by atoms with Crippen LogP contribution in [0, 0.1) is 0 Å². The Morgan fingerprint density at radius 1 is 0.852 bits per heavy atom. The first-order chi connectivity index (χ1) is 12.8. The Hall–Kier alpha value is -2.97. The summed E-state index contributed by atoms with van der Waals surface area (Å²) in [6.45, 7) is 0.551. The monoisotopic (exact) mass is 388 g/mol. The molecular formula is C18H19F3O6. The van der Waals surface area contributed by atoms with E-state index in [1.54, 1.807) is 0 Å². The van der Waals surface area contributed by atoms with Crippen LogP contribution >= 0.6 is 0 Å². The number of phenols is 1. The van der Waals surface area contributed by atoms with Crippen molar-refractivity contribution in [3.63, 3.8) is 0 Å². The number of hydrogen-bond donors (Lipinski definition) is 1. The number of methoxy groups -OCH3 is 2. The first-order valence-corrected chi connectivity index (χ1v) is 7.89. The molecule has 0 aliphatic carbocycles. The summed E-state index contributed by atoms with van der Waals surface area (Å²) >= 11 is 0. The van der Waals surface area contributed by atoms with Crippen LogP contribution < -0.4 is 23.7 Å². The van der Waals surface area contributed by atoms with Gasteiger partial charge < -0.3 is 28.8 Å². The molecule has 0 unspecified atom stereocenters. The van der Waals surface area contributed by atoms with Crippen molar-refractivity contribution in [2.24, 2.45) is 0 Å². The number of ether oxygens (including phenoxy) is 5. The van der Waals surface area contributed by atoms with E-state index in [0.29, 0.717) is 29.4 Å². The molecule has 1 N–H and O–H groups in total. The van der Waals surface area contributed by atoms with Crippen molar-refractivity contribution in [3.05, 3.63) is 36.4 Å². The van der Waals surface area contributed by atoms with Crippen molar-refractivity contribution in [1.82, 2.24) is 0 Å². The van der Waals surface area contributed by atoms with Crippen LogP contribution in [0.25, 0.3) is 0 Å². The van der Waals surface area contributed by atoms with Gasteiger partial charge in [-0.2, -0.15) is 0 Å². The molecule has 2 aromatic carbocycles. The molecule has 0 saturated heterocycles. The van der Waals surface area contributed by atoms with Gasteiger partial charge in [-0.3, -0.25) is 0 Å². The minimum atomic E-state index is -4.73. The van der Waals surface area contributed by atoms with Gasteiger partial charge in [0.05, 0.1) is 27.4 Å². The van der Waals surface area contributed by atoms with E-state index in [0.717, 1.165) is 0 Å². The maximum absolute atomic E-state index is 12.1. The summed E-state index contributed by atoms with van der Waals surface area (Å²) < 4.78 is 61.5. The highest BCUT2D eigenvalue weighted by Gasteiger charge is 2.30. The lowest BCUT2D eigenvalue weighted by Crippen LogP contribution is -2.17.